The Balaban J connectivity index is 2.57. The summed E-state index contributed by atoms with van der Waals surface area (Å²) in [7, 11) is -3.75. The van der Waals surface area contributed by atoms with Gasteiger partial charge in [-0.1, -0.05) is 20.3 Å². The van der Waals surface area contributed by atoms with E-state index >= 15 is 0 Å². The van der Waals surface area contributed by atoms with Crippen LogP contribution in [0.1, 0.15) is 43.5 Å². The molecule has 0 fully saturated rings. The van der Waals surface area contributed by atoms with Crippen molar-refractivity contribution in [2.45, 2.75) is 33.1 Å². The first kappa shape index (κ1) is 19.2. The van der Waals surface area contributed by atoms with E-state index in [1.165, 1.54) is 0 Å². The van der Waals surface area contributed by atoms with Crippen LogP contribution < -0.4 is 4.72 Å². The number of ketones is 1. The Hall–Kier alpha value is -1.83. The zero-order valence-corrected chi connectivity index (χ0v) is 13.8. The number of carbonyl (C=O) groups excluding carboxylic acids is 2. The number of rotatable bonds is 8. The summed E-state index contributed by atoms with van der Waals surface area (Å²) in [6.45, 7) is 3.57. The van der Waals surface area contributed by atoms with Crippen molar-refractivity contribution in [1.29, 1.82) is 0 Å². The summed E-state index contributed by atoms with van der Waals surface area (Å²) in [6.07, 6.45) is -0.111. The van der Waals surface area contributed by atoms with Crippen molar-refractivity contribution in [2.75, 3.05) is 5.75 Å². The van der Waals surface area contributed by atoms with Crippen LogP contribution >= 0.6 is 0 Å². The monoisotopic (exact) mass is 347 g/mol. The topological polar surface area (TPSA) is 80.3 Å². The summed E-state index contributed by atoms with van der Waals surface area (Å²) >= 11 is 0. The normalized spacial score (nSPS) is 12.7. The van der Waals surface area contributed by atoms with Crippen LogP contribution in [0.25, 0.3) is 0 Å². The average molecular weight is 347 g/mol. The second-order valence-corrected chi connectivity index (χ2v) is 7.13. The van der Waals surface area contributed by atoms with Crippen LogP contribution in [0.3, 0.4) is 0 Å². The highest BCUT2D eigenvalue weighted by Crippen LogP contribution is 2.13. The molecule has 0 bridgehead atoms. The summed E-state index contributed by atoms with van der Waals surface area (Å²) in [4.78, 5) is 23.4. The summed E-state index contributed by atoms with van der Waals surface area (Å²) < 4.78 is 51.5. The Bertz CT molecular complexity index is 689. The van der Waals surface area contributed by atoms with E-state index in [4.69, 9.17) is 0 Å². The molecule has 1 unspecified atom stereocenters. The van der Waals surface area contributed by atoms with Gasteiger partial charge in [-0.05, 0) is 18.1 Å². The van der Waals surface area contributed by atoms with E-state index in [0.29, 0.717) is 12.5 Å². The third-order valence-electron chi connectivity index (χ3n) is 3.28. The fraction of sp³-hybridized carbons (Fsp3) is 0.467. The highest BCUT2D eigenvalue weighted by atomic mass is 32.2. The molecule has 5 nitrogen and oxygen atoms in total. The number of Topliss-reactive ketones (excluding diaryl/α,β-unsaturated/α-hetero) is 1. The molecule has 0 heterocycles. The SMILES string of the molecule is CCC(C)CS(=O)(=O)NC(=O)CCC(=O)c1ccc(F)cc1F. The Morgan fingerprint density at radius 3 is 2.43 bits per heavy atom. The quantitative estimate of drug-likeness (QED) is 0.733. The zero-order valence-electron chi connectivity index (χ0n) is 12.9. The van der Waals surface area contributed by atoms with E-state index in [9.17, 15) is 26.8 Å². The van der Waals surface area contributed by atoms with Gasteiger partial charge in [0.25, 0.3) is 0 Å². The maximum absolute atomic E-state index is 13.4. The van der Waals surface area contributed by atoms with Gasteiger partial charge in [0.2, 0.25) is 15.9 Å². The van der Waals surface area contributed by atoms with E-state index in [1.807, 2.05) is 11.6 Å². The molecule has 0 radical (unpaired) electrons. The van der Waals surface area contributed by atoms with Gasteiger partial charge in [0.15, 0.2) is 5.78 Å². The van der Waals surface area contributed by atoms with Crippen LogP contribution in [0.5, 0.6) is 0 Å². The first-order chi connectivity index (χ1) is 10.6. The Kier molecular flexibility index (Phi) is 6.80. The summed E-state index contributed by atoms with van der Waals surface area (Å²) in [5, 5.41) is 0. The molecule has 1 aromatic rings. The lowest BCUT2D eigenvalue weighted by Gasteiger charge is -2.10. The molecule has 128 valence electrons. The molecule has 1 rings (SSSR count). The molecule has 0 saturated heterocycles. The van der Waals surface area contributed by atoms with Gasteiger partial charge < -0.3 is 0 Å². The van der Waals surface area contributed by atoms with Crippen molar-refractivity contribution in [3.63, 3.8) is 0 Å². The first-order valence-electron chi connectivity index (χ1n) is 7.16. The van der Waals surface area contributed by atoms with E-state index in [2.05, 4.69) is 0 Å². The number of nitrogens with one attached hydrogen (secondary N) is 1. The number of amides is 1. The number of sulfonamides is 1. The third-order valence-corrected chi connectivity index (χ3v) is 4.83. The molecule has 1 aromatic carbocycles. The van der Waals surface area contributed by atoms with Gasteiger partial charge in [-0.2, -0.15) is 0 Å². The Morgan fingerprint density at radius 1 is 1.22 bits per heavy atom. The maximum atomic E-state index is 13.4. The van der Waals surface area contributed by atoms with Gasteiger partial charge in [0.1, 0.15) is 11.6 Å². The van der Waals surface area contributed by atoms with Crippen molar-refractivity contribution in [1.82, 2.24) is 4.72 Å². The van der Waals surface area contributed by atoms with Crippen LogP contribution in [0.4, 0.5) is 8.78 Å². The lowest BCUT2D eigenvalue weighted by molar-refractivity contribution is -0.119. The fourth-order valence-electron chi connectivity index (χ4n) is 1.84. The molecule has 1 atom stereocenters. The highest BCUT2D eigenvalue weighted by Gasteiger charge is 2.19. The standard InChI is InChI=1S/C15H19F2NO4S/c1-3-10(2)9-23(21,22)18-15(20)7-6-14(19)12-5-4-11(16)8-13(12)17/h4-5,8,10H,3,6-7,9H2,1-2H3,(H,18,20). The summed E-state index contributed by atoms with van der Waals surface area (Å²) in [5.74, 6) is -3.64. The minimum absolute atomic E-state index is 0.102. The number of carbonyl (C=O) groups is 2. The van der Waals surface area contributed by atoms with Gasteiger partial charge in [0.05, 0.1) is 11.3 Å². The van der Waals surface area contributed by atoms with Crippen LogP contribution in [0.15, 0.2) is 18.2 Å². The molecular formula is C15H19F2NO4S. The molecule has 0 aliphatic rings. The molecule has 8 heteroatoms. The summed E-state index contributed by atoms with van der Waals surface area (Å²) in [5.41, 5.74) is -0.332. The van der Waals surface area contributed by atoms with Gasteiger partial charge in [-0.15, -0.1) is 0 Å². The average Bonchev–Trinajstić information content (AvgIpc) is 2.43. The largest absolute Gasteiger partial charge is 0.294 e. The first-order valence-corrected chi connectivity index (χ1v) is 8.81. The smallest absolute Gasteiger partial charge is 0.235 e. The highest BCUT2D eigenvalue weighted by molar-refractivity contribution is 7.90. The maximum Gasteiger partial charge on any atom is 0.235 e. The fourth-order valence-corrected chi connectivity index (χ4v) is 3.35. The van der Waals surface area contributed by atoms with Gasteiger partial charge >= 0.3 is 0 Å². The van der Waals surface area contributed by atoms with Gasteiger partial charge in [0, 0.05) is 18.9 Å². The van der Waals surface area contributed by atoms with Crippen LogP contribution in [0, 0.1) is 17.6 Å². The van der Waals surface area contributed by atoms with E-state index < -0.39 is 39.8 Å². The van der Waals surface area contributed by atoms with E-state index in [1.54, 1.807) is 6.92 Å². The van der Waals surface area contributed by atoms with Crippen LogP contribution in [0.2, 0.25) is 0 Å². The van der Waals surface area contributed by atoms with E-state index in [0.717, 1.165) is 12.1 Å². The molecule has 1 N–H and O–H groups in total. The molecule has 0 aromatic heterocycles. The van der Waals surface area contributed by atoms with E-state index in [-0.39, 0.29) is 23.7 Å². The predicted octanol–water partition coefficient (Wildman–Crippen LogP) is 2.42. The molecule has 0 aliphatic carbocycles. The second kappa shape index (κ2) is 8.14. The van der Waals surface area contributed by atoms with Crippen molar-refractivity contribution >= 4 is 21.7 Å². The minimum atomic E-state index is -3.75. The minimum Gasteiger partial charge on any atom is -0.294 e. The Labute approximate surface area is 134 Å². The number of hydrogen-bond donors (Lipinski definition) is 1. The molecule has 1 amide bonds. The predicted molar refractivity (Wildman–Crippen MR) is 81.3 cm³/mol. The van der Waals surface area contributed by atoms with Gasteiger partial charge in [-0.3, -0.25) is 14.3 Å². The molecule has 0 aliphatic heterocycles. The number of hydrogen-bond acceptors (Lipinski definition) is 4. The molecule has 0 spiro atoms. The summed E-state index contributed by atoms with van der Waals surface area (Å²) in [6, 6.07) is 2.50. The molecule has 23 heavy (non-hydrogen) atoms. The van der Waals surface area contributed by atoms with Crippen molar-refractivity contribution in [3.8, 4) is 0 Å². The molecule has 0 saturated carbocycles. The van der Waals surface area contributed by atoms with Gasteiger partial charge in [-0.25, -0.2) is 17.2 Å². The number of benzene rings is 1. The number of halogens is 2. The zero-order chi connectivity index (χ0) is 17.6. The van der Waals surface area contributed by atoms with Crippen molar-refractivity contribution < 1.29 is 26.8 Å². The van der Waals surface area contributed by atoms with Crippen molar-refractivity contribution in [2.24, 2.45) is 5.92 Å². The lowest BCUT2D eigenvalue weighted by atomic mass is 10.1. The van der Waals surface area contributed by atoms with Crippen LogP contribution in [-0.4, -0.2) is 25.9 Å². The molecular weight excluding hydrogens is 328 g/mol. The second-order valence-electron chi connectivity index (χ2n) is 5.37. The third kappa shape index (κ3) is 6.43. The Morgan fingerprint density at radius 2 is 1.87 bits per heavy atom. The van der Waals surface area contributed by atoms with Crippen LogP contribution in [-0.2, 0) is 14.8 Å². The van der Waals surface area contributed by atoms with Crippen molar-refractivity contribution in [3.05, 3.63) is 35.4 Å². The lowest BCUT2D eigenvalue weighted by Crippen LogP contribution is -2.34.